The Hall–Kier alpha value is -1.62. The van der Waals surface area contributed by atoms with E-state index in [0.29, 0.717) is 0 Å². The van der Waals surface area contributed by atoms with Gasteiger partial charge in [0, 0.05) is 17.8 Å². The molecule has 16 heavy (non-hydrogen) atoms. The van der Waals surface area contributed by atoms with Crippen LogP contribution in [0.3, 0.4) is 0 Å². The predicted molar refractivity (Wildman–Crippen MR) is 65.3 cm³/mol. The average Bonchev–Trinajstić information content (AvgIpc) is 2.71. The molecule has 0 saturated heterocycles. The van der Waals surface area contributed by atoms with E-state index >= 15 is 0 Å². The molecule has 1 heterocycles. The monoisotopic (exact) mass is 235 g/mol. The van der Waals surface area contributed by atoms with Crippen LogP contribution in [-0.2, 0) is 0 Å². The quantitative estimate of drug-likeness (QED) is 0.888. The number of hydrogen-bond donors (Lipinski definition) is 1. The second kappa shape index (κ2) is 4.49. The zero-order valence-corrected chi connectivity index (χ0v) is 9.98. The predicted octanol–water partition coefficient (Wildman–Crippen LogP) is 2.79. The van der Waals surface area contributed by atoms with Gasteiger partial charge in [-0.2, -0.15) is 0 Å². The molecule has 0 bridgehead atoms. The first kappa shape index (κ1) is 10.9. The van der Waals surface area contributed by atoms with Crippen LogP contribution in [0.25, 0.3) is 0 Å². The standard InChI is InChI=1S/C11H13N3OS/c1-8(2)14(11-13-12-7-16-11)9-4-3-5-10(15)6-9/h3-8,15H,1-2H3. The van der Waals surface area contributed by atoms with Crippen molar-refractivity contribution in [2.45, 2.75) is 19.9 Å². The number of rotatable bonds is 3. The Morgan fingerprint density at radius 3 is 2.75 bits per heavy atom. The molecule has 84 valence electrons. The molecular weight excluding hydrogens is 222 g/mol. The van der Waals surface area contributed by atoms with Crippen LogP contribution in [0.4, 0.5) is 10.8 Å². The van der Waals surface area contributed by atoms with Crippen LogP contribution < -0.4 is 4.90 Å². The van der Waals surface area contributed by atoms with Gasteiger partial charge in [-0.05, 0) is 26.0 Å². The molecule has 2 rings (SSSR count). The van der Waals surface area contributed by atoms with Crippen LogP contribution in [-0.4, -0.2) is 21.3 Å². The second-order valence-corrected chi connectivity index (χ2v) is 4.52. The molecule has 0 aliphatic carbocycles. The van der Waals surface area contributed by atoms with Gasteiger partial charge in [0.05, 0.1) is 0 Å². The molecule has 0 amide bonds. The molecule has 0 radical (unpaired) electrons. The maximum Gasteiger partial charge on any atom is 0.212 e. The minimum Gasteiger partial charge on any atom is -0.508 e. The summed E-state index contributed by atoms with van der Waals surface area (Å²) < 4.78 is 0. The number of hydrogen-bond acceptors (Lipinski definition) is 5. The summed E-state index contributed by atoms with van der Waals surface area (Å²) >= 11 is 1.48. The topological polar surface area (TPSA) is 49.2 Å². The molecule has 0 saturated carbocycles. The van der Waals surface area contributed by atoms with Gasteiger partial charge in [-0.3, -0.25) is 0 Å². The van der Waals surface area contributed by atoms with Gasteiger partial charge >= 0.3 is 0 Å². The summed E-state index contributed by atoms with van der Waals surface area (Å²) in [5.74, 6) is 0.257. The van der Waals surface area contributed by atoms with E-state index in [2.05, 4.69) is 24.0 Å². The highest BCUT2D eigenvalue weighted by atomic mass is 32.1. The van der Waals surface area contributed by atoms with Crippen molar-refractivity contribution >= 4 is 22.2 Å². The van der Waals surface area contributed by atoms with Crippen LogP contribution in [0.5, 0.6) is 5.75 Å². The van der Waals surface area contributed by atoms with Gasteiger partial charge in [-0.25, -0.2) is 0 Å². The molecule has 0 spiro atoms. The lowest BCUT2D eigenvalue weighted by Gasteiger charge is -2.25. The van der Waals surface area contributed by atoms with E-state index in [1.54, 1.807) is 17.6 Å². The minimum absolute atomic E-state index is 0.257. The SMILES string of the molecule is CC(C)N(c1cccc(O)c1)c1nncs1. The summed E-state index contributed by atoms with van der Waals surface area (Å²) in [6, 6.07) is 7.40. The molecule has 5 heteroatoms. The van der Waals surface area contributed by atoms with Crippen LogP contribution in [0.15, 0.2) is 29.8 Å². The maximum atomic E-state index is 9.48. The molecule has 1 aromatic heterocycles. The molecule has 1 N–H and O–H groups in total. The zero-order chi connectivity index (χ0) is 11.5. The molecular formula is C11H13N3OS. The third kappa shape index (κ3) is 2.14. The first-order valence-corrected chi connectivity index (χ1v) is 5.91. The van der Waals surface area contributed by atoms with E-state index in [0.717, 1.165) is 10.8 Å². The van der Waals surface area contributed by atoms with Gasteiger partial charge in [-0.15, -0.1) is 10.2 Å². The first-order valence-electron chi connectivity index (χ1n) is 5.03. The summed E-state index contributed by atoms with van der Waals surface area (Å²) in [5.41, 5.74) is 2.62. The number of aromatic hydroxyl groups is 1. The van der Waals surface area contributed by atoms with E-state index in [1.165, 1.54) is 11.3 Å². The van der Waals surface area contributed by atoms with Gasteiger partial charge in [0.2, 0.25) is 5.13 Å². The van der Waals surface area contributed by atoms with Crippen molar-refractivity contribution in [3.63, 3.8) is 0 Å². The molecule has 4 nitrogen and oxygen atoms in total. The van der Waals surface area contributed by atoms with Crippen molar-refractivity contribution in [1.82, 2.24) is 10.2 Å². The summed E-state index contributed by atoms with van der Waals surface area (Å²) in [5, 5.41) is 18.2. The van der Waals surface area contributed by atoms with E-state index in [-0.39, 0.29) is 11.8 Å². The summed E-state index contributed by atoms with van der Waals surface area (Å²) in [4.78, 5) is 2.04. The molecule has 0 aliphatic heterocycles. The highest BCUT2D eigenvalue weighted by molar-refractivity contribution is 7.13. The average molecular weight is 235 g/mol. The fourth-order valence-electron chi connectivity index (χ4n) is 1.54. The zero-order valence-electron chi connectivity index (χ0n) is 9.16. The summed E-state index contributed by atoms with van der Waals surface area (Å²) in [6.07, 6.45) is 0. The van der Waals surface area contributed by atoms with Crippen LogP contribution >= 0.6 is 11.3 Å². The van der Waals surface area contributed by atoms with Gasteiger partial charge in [0.25, 0.3) is 0 Å². The van der Waals surface area contributed by atoms with E-state index in [4.69, 9.17) is 0 Å². The lowest BCUT2D eigenvalue weighted by molar-refractivity contribution is 0.475. The van der Waals surface area contributed by atoms with Gasteiger partial charge < -0.3 is 10.0 Å². The fourth-order valence-corrected chi connectivity index (χ4v) is 2.26. The Bertz CT molecular complexity index is 456. The van der Waals surface area contributed by atoms with Crippen LogP contribution in [0, 0.1) is 0 Å². The molecule has 2 aromatic rings. The summed E-state index contributed by atoms with van der Waals surface area (Å²) in [7, 11) is 0. The Labute approximate surface area is 98.2 Å². The molecule has 0 atom stereocenters. The number of aromatic nitrogens is 2. The Morgan fingerprint density at radius 2 is 2.19 bits per heavy atom. The number of benzene rings is 1. The highest BCUT2D eigenvalue weighted by Crippen LogP contribution is 2.30. The van der Waals surface area contributed by atoms with Crippen molar-refractivity contribution in [3.05, 3.63) is 29.8 Å². The Balaban J connectivity index is 2.41. The van der Waals surface area contributed by atoms with Crippen LogP contribution in [0.2, 0.25) is 0 Å². The Morgan fingerprint density at radius 1 is 1.38 bits per heavy atom. The van der Waals surface area contributed by atoms with E-state index < -0.39 is 0 Å². The van der Waals surface area contributed by atoms with Crippen molar-refractivity contribution in [2.75, 3.05) is 4.90 Å². The number of nitrogens with zero attached hydrogens (tertiary/aromatic N) is 3. The molecule has 0 fully saturated rings. The largest absolute Gasteiger partial charge is 0.508 e. The van der Waals surface area contributed by atoms with E-state index in [1.807, 2.05) is 17.0 Å². The smallest absolute Gasteiger partial charge is 0.212 e. The minimum atomic E-state index is 0.257. The lowest BCUT2D eigenvalue weighted by Crippen LogP contribution is -2.25. The van der Waals surface area contributed by atoms with Crippen molar-refractivity contribution in [3.8, 4) is 5.75 Å². The number of phenolic OH excluding ortho intramolecular Hbond substituents is 1. The van der Waals surface area contributed by atoms with E-state index in [9.17, 15) is 5.11 Å². The van der Waals surface area contributed by atoms with Crippen LogP contribution in [0.1, 0.15) is 13.8 Å². The number of anilines is 2. The fraction of sp³-hybridized carbons (Fsp3) is 0.273. The molecule has 0 unspecified atom stereocenters. The summed E-state index contributed by atoms with van der Waals surface area (Å²) in [6.45, 7) is 4.15. The Kier molecular flexibility index (Phi) is 3.05. The first-order chi connectivity index (χ1) is 7.68. The highest BCUT2D eigenvalue weighted by Gasteiger charge is 2.16. The third-order valence-electron chi connectivity index (χ3n) is 2.18. The second-order valence-electron chi connectivity index (χ2n) is 3.70. The lowest BCUT2D eigenvalue weighted by atomic mass is 10.2. The van der Waals surface area contributed by atoms with Gasteiger partial charge in [0.1, 0.15) is 11.3 Å². The van der Waals surface area contributed by atoms with Gasteiger partial charge in [0.15, 0.2) is 0 Å². The van der Waals surface area contributed by atoms with Gasteiger partial charge in [-0.1, -0.05) is 17.4 Å². The van der Waals surface area contributed by atoms with Crippen molar-refractivity contribution in [2.24, 2.45) is 0 Å². The third-order valence-corrected chi connectivity index (χ3v) is 2.87. The maximum absolute atomic E-state index is 9.48. The molecule has 1 aromatic carbocycles. The number of phenols is 1. The normalized spacial score (nSPS) is 10.7. The molecule has 0 aliphatic rings. The van der Waals surface area contributed by atoms with Crippen molar-refractivity contribution < 1.29 is 5.11 Å². The van der Waals surface area contributed by atoms with Crippen molar-refractivity contribution in [1.29, 1.82) is 0 Å².